The van der Waals surface area contributed by atoms with E-state index in [4.69, 9.17) is 10.3 Å². The van der Waals surface area contributed by atoms with Crippen LogP contribution in [0.1, 0.15) is 51.2 Å². The molecule has 0 radical (unpaired) electrons. The number of rotatable bonds is 4. The Balaban J connectivity index is 1.98. The van der Waals surface area contributed by atoms with Gasteiger partial charge in [-0.15, -0.1) is 0 Å². The first kappa shape index (κ1) is 13.5. The van der Waals surface area contributed by atoms with Gasteiger partial charge in [-0.25, -0.2) is 0 Å². The number of hydrogen-bond donors (Lipinski definition) is 1. The van der Waals surface area contributed by atoms with Gasteiger partial charge in [-0.3, -0.25) is 4.90 Å². The molecule has 0 aromatic carbocycles. The first-order valence-corrected chi connectivity index (χ1v) is 6.86. The van der Waals surface area contributed by atoms with Crippen molar-refractivity contribution in [3.05, 3.63) is 11.7 Å². The van der Waals surface area contributed by atoms with Crippen LogP contribution in [-0.2, 0) is 6.54 Å². The Bertz CT molecular complexity index is 377. The van der Waals surface area contributed by atoms with Crippen LogP contribution in [0.3, 0.4) is 0 Å². The summed E-state index contributed by atoms with van der Waals surface area (Å²) in [6, 6.07) is 0.453. The molecule has 2 unspecified atom stereocenters. The summed E-state index contributed by atoms with van der Waals surface area (Å²) >= 11 is 0. The van der Waals surface area contributed by atoms with Gasteiger partial charge in [0.1, 0.15) is 0 Å². The highest BCUT2D eigenvalue weighted by Crippen LogP contribution is 2.23. The van der Waals surface area contributed by atoms with Crippen molar-refractivity contribution in [3.8, 4) is 0 Å². The molecule has 0 spiro atoms. The van der Waals surface area contributed by atoms with Gasteiger partial charge < -0.3 is 10.3 Å². The molecule has 1 aliphatic rings. The second kappa shape index (κ2) is 5.80. The molecule has 102 valence electrons. The fourth-order valence-corrected chi connectivity index (χ4v) is 2.50. The van der Waals surface area contributed by atoms with E-state index in [9.17, 15) is 0 Å². The van der Waals surface area contributed by atoms with Gasteiger partial charge in [0.15, 0.2) is 5.82 Å². The molecule has 1 aromatic rings. The van der Waals surface area contributed by atoms with Crippen LogP contribution >= 0.6 is 0 Å². The van der Waals surface area contributed by atoms with Crippen LogP contribution in [0.25, 0.3) is 0 Å². The van der Waals surface area contributed by atoms with E-state index in [1.54, 1.807) is 0 Å². The van der Waals surface area contributed by atoms with E-state index < -0.39 is 0 Å². The minimum absolute atomic E-state index is 0.290. The molecule has 0 aliphatic carbocycles. The Morgan fingerprint density at radius 2 is 2.28 bits per heavy atom. The Hall–Kier alpha value is -0.940. The van der Waals surface area contributed by atoms with Crippen LogP contribution in [0.4, 0.5) is 0 Å². The topological polar surface area (TPSA) is 68.2 Å². The molecule has 2 atom stereocenters. The first-order chi connectivity index (χ1) is 8.60. The Kier molecular flexibility index (Phi) is 4.35. The molecule has 2 heterocycles. The summed E-state index contributed by atoms with van der Waals surface area (Å²) in [5.41, 5.74) is 5.86. The second-order valence-electron chi connectivity index (χ2n) is 5.69. The summed E-state index contributed by atoms with van der Waals surface area (Å²) in [5, 5.41) is 4.05. The lowest BCUT2D eigenvalue weighted by atomic mass is 9.92. The first-order valence-electron chi connectivity index (χ1n) is 6.86. The van der Waals surface area contributed by atoms with Gasteiger partial charge in [-0.2, -0.15) is 4.98 Å². The number of piperidine rings is 1. The zero-order valence-electron chi connectivity index (χ0n) is 11.6. The van der Waals surface area contributed by atoms with E-state index in [0.29, 0.717) is 12.6 Å². The van der Waals surface area contributed by atoms with E-state index in [1.807, 2.05) is 0 Å². The number of aromatic nitrogens is 2. The lowest BCUT2D eigenvalue weighted by molar-refractivity contribution is 0.111. The van der Waals surface area contributed by atoms with E-state index in [-0.39, 0.29) is 5.92 Å². The molecular weight excluding hydrogens is 228 g/mol. The van der Waals surface area contributed by atoms with Crippen LogP contribution in [0.15, 0.2) is 4.52 Å². The normalized spacial score (nSPS) is 25.8. The molecule has 5 heteroatoms. The quantitative estimate of drug-likeness (QED) is 0.884. The molecular formula is C13H24N4O. The third kappa shape index (κ3) is 3.09. The zero-order valence-corrected chi connectivity index (χ0v) is 11.6. The summed E-state index contributed by atoms with van der Waals surface area (Å²) in [6.07, 6.45) is 2.40. The smallest absolute Gasteiger partial charge is 0.229 e. The number of nitrogens with two attached hydrogens (primary N) is 1. The third-order valence-corrected chi connectivity index (χ3v) is 3.69. The van der Waals surface area contributed by atoms with Gasteiger partial charge in [0.25, 0.3) is 0 Å². The highest BCUT2D eigenvalue weighted by molar-refractivity contribution is 4.92. The average molecular weight is 252 g/mol. The average Bonchev–Trinajstić information content (AvgIpc) is 2.80. The Labute approximate surface area is 109 Å². The Morgan fingerprint density at radius 3 is 2.89 bits per heavy atom. The van der Waals surface area contributed by atoms with E-state index in [2.05, 4.69) is 35.8 Å². The summed E-state index contributed by atoms with van der Waals surface area (Å²) in [4.78, 5) is 6.82. The van der Waals surface area contributed by atoms with Gasteiger partial charge in [0, 0.05) is 18.5 Å². The largest absolute Gasteiger partial charge is 0.339 e. The highest BCUT2D eigenvalue weighted by atomic mass is 16.5. The van der Waals surface area contributed by atoms with Crippen LogP contribution in [-0.4, -0.2) is 34.2 Å². The van der Waals surface area contributed by atoms with E-state index in [1.165, 1.54) is 12.8 Å². The van der Waals surface area contributed by atoms with Crippen molar-refractivity contribution < 1.29 is 4.52 Å². The molecule has 0 bridgehead atoms. The molecule has 1 fully saturated rings. The zero-order chi connectivity index (χ0) is 13.1. The Morgan fingerprint density at radius 1 is 1.50 bits per heavy atom. The fourth-order valence-electron chi connectivity index (χ4n) is 2.50. The predicted octanol–water partition coefficient (Wildman–Crippen LogP) is 1.75. The van der Waals surface area contributed by atoms with Crippen molar-refractivity contribution >= 4 is 0 Å². The van der Waals surface area contributed by atoms with Crippen molar-refractivity contribution in [1.82, 2.24) is 15.0 Å². The lowest BCUT2D eigenvalue weighted by Crippen LogP contribution is -2.45. The summed E-state index contributed by atoms with van der Waals surface area (Å²) in [5.74, 6) is 2.57. The van der Waals surface area contributed by atoms with Gasteiger partial charge in [0.2, 0.25) is 5.89 Å². The van der Waals surface area contributed by atoms with Crippen molar-refractivity contribution in [2.45, 2.75) is 52.1 Å². The lowest BCUT2D eigenvalue weighted by Gasteiger charge is -2.37. The van der Waals surface area contributed by atoms with E-state index in [0.717, 1.165) is 30.7 Å². The monoisotopic (exact) mass is 252 g/mol. The molecule has 18 heavy (non-hydrogen) atoms. The molecule has 5 nitrogen and oxygen atoms in total. The van der Waals surface area contributed by atoms with Gasteiger partial charge in [0.05, 0.1) is 6.54 Å². The van der Waals surface area contributed by atoms with Gasteiger partial charge in [-0.1, -0.05) is 25.9 Å². The molecule has 1 aromatic heterocycles. The maximum absolute atomic E-state index is 5.86. The number of likely N-dealkylation sites (tertiary alicyclic amines) is 1. The molecule has 0 saturated carbocycles. The van der Waals surface area contributed by atoms with Crippen molar-refractivity contribution in [2.24, 2.45) is 11.7 Å². The maximum atomic E-state index is 5.86. The molecule has 1 saturated heterocycles. The van der Waals surface area contributed by atoms with Crippen LogP contribution in [0.2, 0.25) is 0 Å². The fraction of sp³-hybridized carbons (Fsp3) is 0.846. The summed E-state index contributed by atoms with van der Waals surface area (Å²) in [6.45, 7) is 8.95. The number of hydrogen-bond acceptors (Lipinski definition) is 5. The van der Waals surface area contributed by atoms with Crippen molar-refractivity contribution in [2.75, 3.05) is 13.1 Å². The van der Waals surface area contributed by atoms with Crippen molar-refractivity contribution in [1.29, 1.82) is 0 Å². The summed E-state index contributed by atoms with van der Waals surface area (Å²) in [7, 11) is 0. The van der Waals surface area contributed by atoms with Crippen LogP contribution in [0, 0.1) is 5.92 Å². The van der Waals surface area contributed by atoms with Crippen LogP contribution in [0.5, 0.6) is 0 Å². The van der Waals surface area contributed by atoms with E-state index >= 15 is 0 Å². The molecule has 2 rings (SSSR count). The molecule has 0 amide bonds. The standard InChI is InChI=1S/C13H24N4O/c1-9(2)13-15-12(16-18-13)8-17-5-4-10(3)6-11(17)7-14/h9-11H,4-8,14H2,1-3H3. The summed E-state index contributed by atoms with van der Waals surface area (Å²) < 4.78 is 5.24. The minimum Gasteiger partial charge on any atom is -0.339 e. The predicted molar refractivity (Wildman–Crippen MR) is 70.0 cm³/mol. The van der Waals surface area contributed by atoms with Gasteiger partial charge >= 0.3 is 0 Å². The van der Waals surface area contributed by atoms with Crippen molar-refractivity contribution in [3.63, 3.8) is 0 Å². The van der Waals surface area contributed by atoms with Gasteiger partial charge in [-0.05, 0) is 25.3 Å². The highest BCUT2D eigenvalue weighted by Gasteiger charge is 2.26. The third-order valence-electron chi connectivity index (χ3n) is 3.69. The molecule has 1 aliphatic heterocycles. The van der Waals surface area contributed by atoms with Crippen LogP contribution < -0.4 is 5.73 Å². The minimum atomic E-state index is 0.290. The number of nitrogens with zero attached hydrogens (tertiary/aromatic N) is 3. The molecule has 2 N–H and O–H groups in total. The second-order valence-corrected chi connectivity index (χ2v) is 5.69. The maximum Gasteiger partial charge on any atom is 0.229 e. The SMILES string of the molecule is CC1CCN(Cc2noc(C(C)C)n2)C(CN)C1.